The molecule has 2 heterocycles. The van der Waals surface area contributed by atoms with Crippen LogP contribution in [0.3, 0.4) is 0 Å². The van der Waals surface area contributed by atoms with Gasteiger partial charge in [0.25, 0.3) is 5.56 Å². The van der Waals surface area contributed by atoms with Gasteiger partial charge in [0.2, 0.25) is 0 Å². The highest BCUT2D eigenvalue weighted by atomic mass is 32.2. The van der Waals surface area contributed by atoms with Gasteiger partial charge in [-0.05, 0) is 13.8 Å². The number of rotatable bonds is 10. The summed E-state index contributed by atoms with van der Waals surface area (Å²) in [5.41, 5.74) is -2.99. The minimum atomic E-state index is -4.58. The molecule has 172 valence electrons. The molecular formula is C14H24N2O11P2S. The smallest absolute Gasteiger partial charge is 0.374 e. The van der Waals surface area contributed by atoms with Crippen LogP contribution in [0.1, 0.15) is 20.1 Å². The van der Waals surface area contributed by atoms with E-state index in [2.05, 4.69) is 9.51 Å². The summed E-state index contributed by atoms with van der Waals surface area (Å²) in [4.78, 5) is 45.3. The monoisotopic (exact) mass is 490 g/mol. The largest absolute Gasteiger partial charge is 0.472 e. The molecule has 0 amide bonds. The van der Waals surface area contributed by atoms with Gasteiger partial charge < -0.3 is 23.8 Å². The van der Waals surface area contributed by atoms with Crippen molar-refractivity contribution in [2.75, 3.05) is 19.7 Å². The Kier molecular flexibility index (Phi) is 8.68. The van der Waals surface area contributed by atoms with Crippen molar-refractivity contribution in [3.63, 3.8) is 0 Å². The molecule has 4 unspecified atom stereocenters. The maximum Gasteiger partial charge on any atom is 0.472 e. The lowest BCUT2D eigenvalue weighted by Gasteiger charge is -2.25. The quantitative estimate of drug-likeness (QED) is 0.395. The Labute approximate surface area is 175 Å². The first-order valence-corrected chi connectivity index (χ1v) is 12.9. The van der Waals surface area contributed by atoms with Crippen LogP contribution in [0.5, 0.6) is 0 Å². The summed E-state index contributed by atoms with van der Waals surface area (Å²) >= 11 is 0.769. The zero-order valence-corrected chi connectivity index (χ0v) is 19.2. The first-order valence-electron chi connectivity index (χ1n) is 8.57. The number of thioether (sulfide) groups is 1. The van der Waals surface area contributed by atoms with Gasteiger partial charge in [0, 0.05) is 26.5 Å². The van der Waals surface area contributed by atoms with Crippen molar-refractivity contribution in [3.05, 3.63) is 33.1 Å². The van der Waals surface area contributed by atoms with Crippen LogP contribution in [-0.4, -0.2) is 62.8 Å². The Morgan fingerprint density at radius 3 is 2.47 bits per heavy atom. The lowest BCUT2D eigenvalue weighted by atomic mass is 10.2. The first-order chi connectivity index (χ1) is 13.9. The fourth-order valence-corrected chi connectivity index (χ4v) is 6.18. The Bertz CT molecular complexity index is 935. The summed E-state index contributed by atoms with van der Waals surface area (Å²) in [7, 11) is -6.21. The van der Waals surface area contributed by atoms with E-state index in [4.69, 9.17) is 18.5 Å². The Hall–Kier alpha value is -0.790. The van der Waals surface area contributed by atoms with E-state index < -0.39 is 62.1 Å². The van der Waals surface area contributed by atoms with Gasteiger partial charge in [-0.1, -0.05) is 0 Å². The second-order valence-corrected chi connectivity index (χ2v) is 11.3. The van der Waals surface area contributed by atoms with Crippen molar-refractivity contribution in [1.82, 2.24) is 9.55 Å². The van der Waals surface area contributed by atoms with Gasteiger partial charge in [0.1, 0.15) is 17.6 Å². The molecule has 1 aromatic rings. The highest BCUT2D eigenvalue weighted by Gasteiger charge is 2.51. The standard InChI is InChI=1S/C14H24N2O11P2S/c1-8(2)26-29(21,22)27-11-10(23-3)12(16-6-5-9(17)15-14(16)18)25-13(11)30-7-28(19,20)24-4/h5-6,8,10-13H,7H2,1-4H3,(H,19,20)(H,21,22)(H,15,17,18)/t10?,11?,12-,13-/m1/s1. The van der Waals surface area contributed by atoms with Crippen LogP contribution in [0.4, 0.5) is 0 Å². The van der Waals surface area contributed by atoms with Gasteiger partial charge in [-0.15, -0.1) is 11.8 Å². The lowest BCUT2D eigenvalue weighted by Crippen LogP contribution is -2.39. The fraction of sp³-hybridized carbons (Fsp3) is 0.714. The average molecular weight is 490 g/mol. The molecule has 1 aliphatic heterocycles. The SMILES string of the molecule is COC1C(OP(=O)(O)OC(C)C)[C@@H](SCP(=O)(O)OC)O[C@H]1n1ccc(=O)[nH]c1=O. The van der Waals surface area contributed by atoms with E-state index in [0.29, 0.717) is 0 Å². The van der Waals surface area contributed by atoms with Crippen LogP contribution in [-0.2, 0) is 32.2 Å². The van der Waals surface area contributed by atoms with Gasteiger partial charge in [0.15, 0.2) is 6.23 Å². The minimum absolute atomic E-state index is 0.432. The number of hydrogen-bond acceptors (Lipinski definition) is 10. The predicted octanol–water partition coefficient (Wildman–Crippen LogP) is 0.840. The third-order valence-corrected chi connectivity index (χ3v) is 8.21. The highest BCUT2D eigenvalue weighted by molar-refractivity contribution is 8.04. The molecule has 0 radical (unpaired) electrons. The van der Waals surface area contributed by atoms with Gasteiger partial charge in [-0.2, -0.15) is 0 Å². The Balaban J connectivity index is 2.38. The van der Waals surface area contributed by atoms with Gasteiger partial charge in [0.05, 0.1) is 11.6 Å². The summed E-state index contributed by atoms with van der Waals surface area (Å²) in [5.74, 6) is 0. The number of hydrogen-bond donors (Lipinski definition) is 3. The summed E-state index contributed by atoms with van der Waals surface area (Å²) in [6, 6.07) is 1.08. The normalized spacial score (nSPS) is 28.4. The van der Waals surface area contributed by atoms with Crippen LogP contribution in [0.25, 0.3) is 0 Å². The highest BCUT2D eigenvalue weighted by Crippen LogP contribution is 2.53. The van der Waals surface area contributed by atoms with Crippen molar-refractivity contribution in [2.45, 2.75) is 43.8 Å². The van der Waals surface area contributed by atoms with Gasteiger partial charge in [-0.3, -0.25) is 28.0 Å². The molecule has 6 atom stereocenters. The molecule has 1 fully saturated rings. The number of nitrogens with one attached hydrogen (secondary N) is 1. The first kappa shape index (κ1) is 25.5. The van der Waals surface area contributed by atoms with Crippen molar-refractivity contribution in [3.8, 4) is 0 Å². The number of H-pyrrole nitrogens is 1. The molecule has 0 aromatic carbocycles. The van der Waals surface area contributed by atoms with E-state index in [1.807, 2.05) is 0 Å². The molecule has 0 bridgehead atoms. The summed E-state index contributed by atoms with van der Waals surface area (Å²) < 4.78 is 51.0. The summed E-state index contributed by atoms with van der Waals surface area (Å²) in [6.07, 6.45) is -3.05. The van der Waals surface area contributed by atoms with E-state index in [9.17, 15) is 28.5 Å². The lowest BCUT2D eigenvalue weighted by molar-refractivity contribution is -0.0476. The van der Waals surface area contributed by atoms with Crippen LogP contribution in [0.15, 0.2) is 21.9 Å². The molecular weight excluding hydrogens is 466 g/mol. The van der Waals surface area contributed by atoms with Gasteiger partial charge >= 0.3 is 21.1 Å². The van der Waals surface area contributed by atoms with E-state index in [0.717, 1.165) is 35.7 Å². The molecule has 3 N–H and O–H groups in total. The molecule has 30 heavy (non-hydrogen) atoms. The zero-order valence-electron chi connectivity index (χ0n) is 16.6. The third kappa shape index (κ3) is 6.60. The molecule has 16 heteroatoms. The maximum atomic E-state index is 12.3. The molecule has 1 aromatic heterocycles. The number of aromatic amines is 1. The number of phosphoric acid groups is 1. The number of phosphoric ester groups is 1. The number of ether oxygens (including phenoxy) is 2. The molecule has 1 aliphatic rings. The number of aromatic nitrogens is 2. The van der Waals surface area contributed by atoms with Crippen LogP contribution in [0.2, 0.25) is 0 Å². The number of methoxy groups -OCH3 is 1. The van der Waals surface area contributed by atoms with Crippen LogP contribution in [0, 0.1) is 0 Å². The van der Waals surface area contributed by atoms with Gasteiger partial charge in [-0.25, -0.2) is 9.36 Å². The van der Waals surface area contributed by atoms with Crippen molar-refractivity contribution < 1.29 is 42.0 Å². The van der Waals surface area contributed by atoms with Crippen LogP contribution >= 0.6 is 27.2 Å². The van der Waals surface area contributed by atoms with E-state index in [1.54, 1.807) is 0 Å². The Morgan fingerprint density at radius 1 is 1.27 bits per heavy atom. The predicted molar refractivity (Wildman–Crippen MR) is 106 cm³/mol. The minimum Gasteiger partial charge on any atom is -0.374 e. The fourth-order valence-electron chi connectivity index (χ4n) is 2.62. The molecule has 13 nitrogen and oxygen atoms in total. The van der Waals surface area contributed by atoms with E-state index >= 15 is 0 Å². The van der Waals surface area contributed by atoms with Crippen molar-refractivity contribution in [1.29, 1.82) is 0 Å². The van der Waals surface area contributed by atoms with Crippen LogP contribution < -0.4 is 11.2 Å². The number of nitrogens with zero attached hydrogens (tertiary/aromatic N) is 1. The third-order valence-electron chi connectivity index (χ3n) is 3.83. The summed E-state index contributed by atoms with van der Waals surface area (Å²) in [6.45, 7) is 3.06. The average Bonchev–Trinajstić information content (AvgIpc) is 2.95. The topological polar surface area (TPSA) is 176 Å². The zero-order chi connectivity index (χ0) is 22.7. The second-order valence-electron chi connectivity index (χ2n) is 6.42. The Morgan fingerprint density at radius 2 is 1.93 bits per heavy atom. The van der Waals surface area contributed by atoms with Crippen molar-refractivity contribution in [2.24, 2.45) is 0 Å². The maximum absolute atomic E-state index is 12.3. The second kappa shape index (κ2) is 10.2. The molecule has 2 rings (SSSR count). The molecule has 1 saturated heterocycles. The van der Waals surface area contributed by atoms with E-state index in [1.165, 1.54) is 21.0 Å². The van der Waals surface area contributed by atoms with E-state index in [-0.39, 0.29) is 0 Å². The molecule has 0 aliphatic carbocycles. The van der Waals surface area contributed by atoms with Crippen molar-refractivity contribution >= 4 is 27.2 Å². The molecule has 0 spiro atoms. The summed E-state index contributed by atoms with van der Waals surface area (Å²) in [5, 5.41) is 0. The molecule has 0 saturated carbocycles.